The highest BCUT2D eigenvalue weighted by atomic mass is 19.1. The lowest BCUT2D eigenvalue weighted by Crippen LogP contribution is -2.05. The monoisotopic (exact) mass is 165 g/mol. The molecule has 12 heavy (non-hydrogen) atoms. The highest BCUT2D eigenvalue weighted by Gasteiger charge is 2.05. The van der Waals surface area contributed by atoms with Crippen molar-refractivity contribution in [1.82, 2.24) is 9.66 Å². The average Bonchev–Trinajstić information content (AvgIpc) is 2.33. The Morgan fingerprint density at radius 2 is 2.25 bits per heavy atom. The van der Waals surface area contributed by atoms with E-state index in [1.165, 1.54) is 17.1 Å². The van der Waals surface area contributed by atoms with Crippen LogP contribution in [-0.2, 0) is 0 Å². The van der Waals surface area contributed by atoms with Gasteiger partial charge < -0.3 is 5.84 Å². The molecule has 2 rings (SSSR count). The van der Waals surface area contributed by atoms with Crippen LogP contribution in [0.4, 0.5) is 4.39 Å². The van der Waals surface area contributed by atoms with Crippen LogP contribution in [0.3, 0.4) is 0 Å². The van der Waals surface area contributed by atoms with Gasteiger partial charge in [-0.1, -0.05) is 0 Å². The van der Waals surface area contributed by atoms with Crippen molar-refractivity contribution in [3.05, 3.63) is 29.8 Å². The molecule has 0 radical (unpaired) electrons. The Labute approximate surface area is 68.6 Å². The predicted molar refractivity (Wildman–Crippen MR) is 44.6 cm³/mol. The van der Waals surface area contributed by atoms with Gasteiger partial charge in [-0.25, -0.2) is 14.1 Å². The van der Waals surface area contributed by atoms with E-state index < -0.39 is 0 Å². The molecule has 0 spiro atoms. The molecule has 0 aliphatic heterocycles. The third kappa shape index (κ3) is 0.845. The number of hydrogen-bond acceptors (Lipinski definition) is 2. The molecule has 1 heterocycles. The standard InChI is InChI=1S/C8H8FN3/c1-5-2-6(9)8-7(3-5)12(10)4-11-8/h2-4H,10H2,1H3. The van der Waals surface area contributed by atoms with E-state index in [1.807, 2.05) is 6.92 Å². The number of nitrogens with two attached hydrogens (primary N) is 1. The molecule has 0 fully saturated rings. The van der Waals surface area contributed by atoms with Crippen molar-refractivity contribution < 1.29 is 4.39 Å². The summed E-state index contributed by atoms with van der Waals surface area (Å²) in [5, 5.41) is 0. The Hall–Kier alpha value is -1.58. The van der Waals surface area contributed by atoms with Crippen molar-refractivity contribution in [2.45, 2.75) is 6.92 Å². The molecule has 0 amide bonds. The summed E-state index contributed by atoms with van der Waals surface area (Å²) in [4.78, 5) is 3.82. The number of nitrogens with zero attached hydrogens (tertiary/aromatic N) is 2. The van der Waals surface area contributed by atoms with Crippen molar-refractivity contribution >= 4 is 11.0 Å². The van der Waals surface area contributed by atoms with Crippen molar-refractivity contribution in [2.24, 2.45) is 0 Å². The van der Waals surface area contributed by atoms with Crippen LogP contribution in [-0.4, -0.2) is 9.66 Å². The van der Waals surface area contributed by atoms with Gasteiger partial charge in [0.05, 0.1) is 5.52 Å². The smallest absolute Gasteiger partial charge is 0.151 e. The molecule has 3 nitrogen and oxygen atoms in total. The van der Waals surface area contributed by atoms with Gasteiger partial charge in [-0.3, -0.25) is 0 Å². The number of imidazole rings is 1. The number of rotatable bonds is 0. The minimum atomic E-state index is -0.325. The molecule has 62 valence electrons. The van der Waals surface area contributed by atoms with E-state index in [0.29, 0.717) is 11.0 Å². The number of halogens is 1. The van der Waals surface area contributed by atoms with Gasteiger partial charge in [0, 0.05) is 0 Å². The van der Waals surface area contributed by atoms with Crippen LogP contribution in [0.5, 0.6) is 0 Å². The minimum Gasteiger partial charge on any atom is -0.338 e. The third-order valence-corrected chi connectivity index (χ3v) is 1.78. The highest BCUT2D eigenvalue weighted by molar-refractivity contribution is 5.76. The van der Waals surface area contributed by atoms with E-state index in [1.54, 1.807) is 6.07 Å². The van der Waals surface area contributed by atoms with Crippen LogP contribution >= 0.6 is 0 Å². The Kier molecular flexibility index (Phi) is 1.30. The maximum Gasteiger partial charge on any atom is 0.151 e. The topological polar surface area (TPSA) is 43.8 Å². The van der Waals surface area contributed by atoms with Gasteiger partial charge in [0.1, 0.15) is 11.8 Å². The fourth-order valence-electron chi connectivity index (χ4n) is 1.22. The number of hydrogen-bond donors (Lipinski definition) is 1. The average molecular weight is 165 g/mol. The van der Waals surface area contributed by atoms with Gasteiger partial charge in [-0.2, -0.15) is 0 Å². The molecule has 2 aromatic rings. The zero-order valence-corrected chi connectivity index (χ0v) is 6.58. The molecule has 0 saturated heterocycles. The molecule has 0 unspecified atom stereocenters. The van der Waals surface area contributed by atoms with E-state index in [0.717, 1.165) is 5.56 Å². The quantitative estimate of drug-likeness (QED) is 0.596. The van der Waals surface area contributed by atoms with Gasteiger partial charge in [-0.15, -0.1) is 0 Å². The lowest BCUT2D eigenvalue weighted by Gasteiger charge is -1.96. The molecule has 0 atom stereocenters. The second-order valence-corrected chi connectivity index (χ2v) is 2.77. The molecule has 0 saturated carbocycles. The lowest BCUT2D eigenvalue weighted by atomic mass is 10.2. The summed E-state index contributed by atoms with van der Waals surface area (Å²) in [7, 11) is 0. The Morgan fingerprint density at radius 1 is 1.50 bits per heavy atom. The van der Waals surface area contributed by atoms with Crippen LogP contribution < -0.4 is 5.84 Å². The summed E-state index contributed by atoms with van der Waals surface area (Å²) >= 11 is 0. The van der Waals surface area contributed by atoms with Crippen molar-refractivity contribution in [1.29, 1.82) is 0 Å². The Balaban J connectivity index is 2.92. The fraction of sp³-hybridized carbons (Fsp3) is 0.125. The second kappa shape index (κ2) is 2.20. The first kappa shape index (κ1) is 7.09. The fourth-order valence-corrected chi connectivity index (χ4v) is 1.22. The summed E-state index contributed by atoms with van der Waals surface area (Å²) in [6.45, 7) is 1.82. The summed E-state index contributed by atoms with van der Waals surface area (Å²) in [5.41, 5.74) is 1.78. The molecule has 1 aromatic carbocycles. The molecule has 4 heteroatoms. The van der Waals surface area contributed by atoms with Crippen molar-refractivity contribution in [2.75, 3.05) is 5.84 Å². The normalized spacial score (nSPS) is 10.8. The third-order valence-electron chi connectivity index (χ3n) is 1.78. The largest absolute Gasteiger partial charge is 0.338 e. The molecular formula is C8H8FN3. The van der Waals surface area contributed by atoms with Crippen LogP contribution in [0, 0.1) is 12.7 Å². The number of aryl methyl sites for hydroxylation is 1. The van der Waals surface area contributed by atoms with Gasteiger partial charge in [0.15, 0.2) is 5.82 Å². The highest BCUT2D eigenvalue weighted by Crippen LogP contribution is 2.16. The zero-order chi connectivity index (χ0) is 8.72. The first-order valence-corrected chi connectivity index (χ1v) is 3.57. The maximum absolute atomic E-state index is 13.1. The Bertz CT molecular complexity index is 433. The van der Waals surface area contributed by atoms with Crippen LogP contribution in [0.1, 0.15) is 5.56 Å². The predicted octanol–water partition coefficient (Wildman–Crippen LogP) is 1.20. The summed E-state index contributed by atoms with van der Waals surface area (Å²) < 4.78 is 14.4. The molecule has 0 aliphatic rings. The van der Waals surface area contributed by atoms with Crippen LogP contribution in [0.25, 0.3) is 11.0 Å². The first-order valence-electron chi connectivity index (χ1n) is 3.57. The van der Waals surface area contributed by atoms with Crippen LogP contribution in [0.15, 0.2) is 18.5 Å². The van der Waals surface area contributed by atoms with E-state index in [4.69, 9.17) is 5.84 Å². The van der Waals surface area contributed by atoms with Crippen molar-refractivity contribution in [3.63, 3.8) is 0 Å². The van der Waals surface area contributed by atoms with E-state index in [2.05, 4.69) is 4.98 Å². The summed E-state index contributed by atoms with van der Waals surface area (Å²) in [6, 6.07) is 3.24. The lowest BCUT2D eigenvalue weighted by molar-refractivity contribution is 0.636. The number of aromatic nitrogens is 2. The molecule has 1 aromatic heterocycles. The van der Waals surface area contributed by atoms with Gasteiger partial charge in [0.2, 0.25) is 0 Å². The van der Waals surface area contributed by atoms with Crippen LogP contribution in [0.2, 0.25) is 0 Å². The van der Waals surface area contributed by atoms with Gasteiger partial charge >= 0.3 is 0 Å². The minimum absolute atomic E-state index is 0.322. The molecular weight excluding hydrogens is 157 g/mol. The van der Waals surface area contributed by atoms with E-state index in [-0.39, 0.29) is 5.82 Å². The maximum atomic E-state index is 13.1. The van der Waals surface area contributed by atoms with Gasteiger partial charge in [0.25, 0.3) is 0 Å². The first-order chi connectivity index (χ1) is 5.68. The Morgan fingerprint density at radius 3 is 3.00 bits per heavy atom. The second-order valence-electron chi connectivity index (χ2n) is 2.77. The number of fused-ring (bicyclic) bond motifs is 1. The molecule has 0 bridgehead atoms. The van der Waals surface area contributed by atoms with Crippen molar-refractivity contribution in [3.8, 4) is 0 Å². The molecule has 2 N–H and O–H groups in total. The van der Waals surface area contributed by atoms with E-state index in [9.17, 15) is 4.39 Å². The number of benzene rings is 1. The molecule has 0 aliphatic carbocycles. The van der Waals surface area contributed by atoms with Gasteiger partial charge in [-0.05, 0) is 24.6 Å². The zero-order valence-electron chi connectivity index (χ0n) is 6.58. The SMILES string of the molecule is Cc1cc(F)c2ncn(N)c2c1. The number of nitrogen functional groups attached to an aromatic ring is 1. The summed E-state index contributed by atoms with van der Waals surface area (Å²) in [6.07, 6.45) is 1.40. The summed E-state index contributed by atoms with van der Waals surface area (Å²) in [5.74, 6) is 5.18. The van der Waals surface area contributed by atoms with E-state index >= 15 is 0 Å².